The van der Waals surface area contributed by atoms with Crippen LogP contribution < -0.4 is 0 Å². The summed E-state index contributed by atoms with van der Waals surface area (Å²) in [6.07, 6.45) is 5.79. The molecule has 1 aliphatic rings. The van der Waals surface area contributed by atoms with Crippen molar-refractivity contribution in [1.82, 2.24) is 0 Å². The van der Waals surface area contributed by atoms with Crippen LogP contribution in [0.3, 0.4) is 0 Å². The minimum atomic E-state index is 1.01. The minimum Gasteiger partial charge on any atom is -0.0654 e. The summed E-state index contributed by atoms with van der Waals surface area (Å²) in [6, 6.07) is 0. The maximum absolute atomic E-state index is 2.42. The lowest BCUT2D eigenvalue weighted by atomic mass is 9.88. The van der Waals surface area contributed by atoms with Crippen molar-refractivity contribution < 1.29 is 0 Å². The van der Waals surface area contributed by atoms with E-state index in [-0.39, 0.29) is 0 Å². The molecular formula is C10H20. The number of hydrogen-bond acceptors (Lipinski definition) is 0. The van der Waals surface area contributed by atoms with Gasteiger partial charge in [0.15, 0.2) is 0 Å². The Bertz CT molecular complexity index is 86.2. The van der Waals surface area contributed by atoms with E-state index in [4.69, 9.17) is 0 Å². The van der Waals surface area contributed by atoms with Crippen molar-refractivity contribution in [2.45, 2.75) is 46.5 Å². The van der Waals surface area contributed by atoms with Crippen LogP contribution in [-0.4, -0.2) is 0 Å². The molecule has 1 aliphatic carbocycles. The largest absolute Gasteiger partial charge is 0.0654 e. The van der Waals surface area contributed by atoms with Gasteiger partial charge in [-0.05, 0) is 17.8 Å². The van der Waals surface area contributed by atoms with E-state index in [1.165, 1.54) is 25.7 Å². The summed E-state index contributed by atoms with van der Waals surface area (Å²) in [4.78, 5) is 0. The van der Waals surface area contributed by atoms with Gasteiger partial charge in [0.1, 0.15) is 0 Å². The van der Waals surface area contributed by atoms with Gasteiger partial charge in [-0.3, -0.25) is 0 Å². The predicted octanol–water partition coefficient (Wildman–Crippen LogP) is 3.47. The summed E-state index contributed by atoms with van der Waals surface area (Å²) in [6.45, 7) is 7.14. The molecule has 0 aromatic heterocycles. The molecule has 60 valence electrons. The van der Waals surface area contributed by atoms with Gasteiger partial charge >= 0.3 is 0 Å². The van der Waals surface area contributed by atoms with Crippen LogP contribution in [0.1, 0.15) is 46.5 Å². The van der Waals surface area contributed by atoms with Gasteiger partial charge < -0.3 is 0 Å². The zero-order valence-corrected chi connectivity index (χ0v) is 7.56. The molecule has 0 bridgehead atoms. The summed E-state index contributed by atoms with van der Waals surface area (Å²) < 4.78 is 0. The first-order valence-electron chi connectivity index (χ1n) is 4.75. The van der Waals surface area contributed by atoms with Gasteiger partial charge in [0, 0.05) is 0 Å². The Morgan fingerprint density at radius 1 is 1.10 bits per heavy atom. The predicted molar refractivity (Wildman–Crippen MR) is 46.0 cm³/mol. The van der Waals surface area contributed by atoms with Crippen LogP contribution in [0.5, 0.6) is 0 Å². The molecule has 3 atom stereocenters. The van der Waals surface area contributed by atoms with E-state index in [9.17, 15) is 0 Å². The quantitative estimate of drug-likeness (QED) is 0.551. The summed E-state index contributed by atoms with van der Waals surface area (Å²) in [5.41, 5.74) is 0. The molecular weight excluding hydrogens is 120 g/mol. The maximum atomic E-state index is 2.42. The Kier molecular flexibility index (Phi) is 2.76. The standard InChI is InChI=1S/C10H20/c1-4-5-10-8(2)6-7-9(10)3/h8-10H,4-7H2,1-3H3/t8-,9?,10?/m0/s1. The highest BCUT2D eigenvalue weighted by Crippen LogP contribution is 2.38. The molecule has 1 saturated carbocycles. The van der Waals surface area contributed by atoms with E-state index in [0.29, 0.717) is 0 Å². The molecule has 0 spiro atoms. The number of hydrogen-bond donors (Lipinski definition) is 0. The van der Waals surface area contributed by atoms with Crippen molar-refractivity contribution in [3.05, 3.63) is 0 Å². The van der Waals surface area contributed by atoms with Gasteiger partial charge in [0.05, 0.1) is 0 Å². The van der Waals surface area contributed by atoms with E-state index >= 15 is 0 Å². The third kappa shape index (κ3) is 1.53. The molecule has 0 heteroatoms. The van der Waals surface area contributed by atoms with Crippen LogP contribution in [0.25, 0.3) is 0 Å². The first-order valence-corrected chi connectivity index (χ1v) is 4.75. The Morgan fingerprint density at radius 2 is 1.60 bits per heavy atom. The van der Waals surface area contributed by atoms with Crippen molar-refractivity contribution in [1.29, 1.82) is 0 Å². The van der Waals surface area contributed by atoms with Crippen molar-refractivity contribution >= 4 is 0 Å². The zero-order chi connectivity index (χ0) is 7.56. The maximum Gasteiger partial charge on any atom is -0.0363 e. The Morgan fingerprint density at radius 3 is 2.00 bits per heavy atom. The fourth-order valence-electron chi connectivity index (χ4n) is 2.42. The van der Waals surface area contributed by atoms with Gasteiger partial charge in [-0.15, -0.1) is 0 Å². The fourth-order valence-corrected chi connectivity index (χ4v) is 2.42. The smallest absolute Gasteiger partial charge is 0.0363 e. The van der Waals surface area contributed by atoms with Crippen LogP contribution in [0.15, 0.2) is 0 Å². The van der Waals surface area contributed by atoms with Crippen LogP contribution in [0.2, 0.25) is 0 Å². The Balaban J connectivity index is 2.38. The number of rotatable bonds is 2. The molecule has 0 amide bonds. The van der Waals surface area contributed by atoms with Crippen molar-refractivity contribution in [3.63, 3.8) is 0 Å². The van der Waals surface area contributed by atoms with Crippen molar-refractivity contribution in [3.8, 4) is 0 Å². The molecule has 0 nitrogen and oxygen atoms in total. The molecule has 0 aromatic carbocycles. The van der Waals surface area contributed by atoms with Gasteiger partial charge in [0.25, 0.3) is 0 Å². The van der Waals surface area contributed by atoms with Crippen LogP contribution in [0.4, 0.5) is 0 Å². The monoisotopic (exact) mass is 140 g/mol. The summed E-state index contributed by atoms with van der Waals surface area (Å²) in [5, 5.41) is 0. The molecule has 0 saturated heterocycles. The SMILES string of the molecule is CCCC1C(C)CC[C@@H]1C. The highest BCUT2D eigenvalue weighted by atomic mass is 14.3. The summed E-state index contributed by atoms with van der Waals surface area (Å²) >= 11 is 0. The van der Waals surface area contributed by atoms with Crippen LogP contribution >= 0.6 is 0 Å². The Hall–Kier alpha value is 0. The van der Waals surface area contributed by atoms with Crippen LogP contribution in [0, 0.1) is 17.8 Å². The minimum absolute atomic E-state index is 1.01. The third-order valence-electron chi connectivity index (χ3n) is 3.16. The fraction of sp³-hybridized carbons (Fsp3) is 1.00. The highest BCUT2D eigenvalue weighted by molar-refractivity contribution is 4.79. The van der Waals surface area contributed by atoms with E-state index < -0.39 is 0 Å². The van der Waals surface area contributed by atoms with Gasteiger partial charge in [-0.2, -0.15) is 0 Å². The molecule has 0 radical (unpaired) electrons. The second kappa shape index (κ2) is 3.41. The highest BCUT2D eigenvalue weighted by Gasteiger charge is 2.28. The molecule has 0 aromatic rings. The first kappa shape index (κ1) is 8.10. The van der Waals surface area contributed by atoms with E-state index in [2.05, 4.69) is 20.8 Å². The molecule has 0 heterocycles. The summed E-state index contributed by atoms with van der Waals surface area (Å²) in [7, 11) is 0. The van der Waals surface area contributed by atoms with Gasteiger partial charge in [0.2, 0.25) is 0 Å². The molecule has 0 aliphatic heterocycles. The zero-order valence-electron chi connectivity index (χ0n) is 7.56. The topological polar surface area (TPSA) is 0 Å². The molecule has 0 N–H and O–H groups in total. The van der Waals surface area contributed by atoms with Gasteiger partial charge in [-0.25, -0.2) is 0 Å². The second-order valence-corrected chi connectivity index (χ2v) is 3.98. The van der Waals surface area contributed by atoms with Crippen molar-refractivity contribution in [2.75, 3.05) is 0 Å². The summed E-state index contributed by atoms with van der Waals surface area (Å²) in [5.74, 6) is 3.06. The van der Waals surface area contributed by atoms with E-state index in [0.717, 1.165) is 17.8 Å². The average molecular weight is 140 g/mol. The molecule has 2 unspecified atom stereocenters. The third-order valence-corrected chi connectivity index (χ3v) is 3.16. The molecule has 10 heavy (non-hydrogen) atoms. The average Bonchev–Trinajstić information content (AvgIpc) is 2.20. The second-order valence-electron chi connectivity index (χ2n) is 3.98. The lowest BCUT2D eigenvalue weighted by Gasteiger charge is -2.18. The van der Waals surface area contributed by atoms with E-state index in [1.54, 1.807) is 0 Å². The molecule has 1 fully saturated rings. The van der Waals surface area contributed by atoms with Crippen molar-refractivity contribution in [2.24, 2.45) is 17.8 Å². The normalized spacial score (nSPS) is 40.5. The lowest BCUT2D eigenvalue weighted by Crippen LogP contribution is -2.09. The Labute approximate surface area is 65.0 Å². The first-order chi connectivity index (χ1) is 4.75. The lowest BCUT2D eigenvalue weighted by molar-refractivity contribution is 0.320. The van der Waals surface area contributed by atoms with Gasteiger partial charge in [-0.1, -0.05) is 46.5 Å². The molecule has 1 rings (SSSR count). The van der Waals surface area contributed by atoms with Crippen LogP contribution in [-0.2, 0) is 0 Å². The van der Waals surface area contributed by atoms with E-state index in [1.807, 2.05) is 0 Å².